The molecule has 1 amide bonds. The Morgan fingerprint density at radius 2 is 2.19 bits per heavy atom. The number of hydrogen-bond acceptors (Lipinski definition) is 8. The van der Waals surface area contributed by atoms with Crippen molar-refractivity contribution in [2.75, 3.05) is 7.11 Å². The quantitative estimate of drug-likeness (QED) is 0.615. The molecule has 1 fully saturated rings. The molecule has 0 aliphatic carbocycles. The van der Waals surface area contributed by atoms with Crippen molar-refractivity contribution in [2.24, 2.45) is 4.99 Å². The van der Waals surface area contributed by atoms with Crippen LogP contribution in [0.1, 0.15) is 27.9 Å². The smallest absolute Gasteiger partial charge is 0.264 e. The Labute approximate surface area is 157 Å². The zero-order chi connectivity index (χ0) is 18.8. The van der Waals surface area contributed by atoms with E-state index < -0.39 is 0 Å². The third-order valence-corrected chi connectivity index (χ3v) is 5.52. The number of carbonyl (C=O) groups is 2. The summed E-state index contributed by atoms with van der Waals surface area (Å²) in [6.07, 6.45) is 1.65. The second-order valence-electron chi connectivity index (χ2n) is 5.38. The minimum Gasteiger partial charge on any atom is -0.504 e. The first kappa shape index (κ1) is 18.2. The standard InChI is InChI=1S/C17H15N3O4S2/c1-8-14(9(2)21)26-16(18-8)20-17-19-15(23)13(25-17)7-10-4-5-12(24-3)11(22)6-10/h4-7,22H,1-3H3,(H,18,19,20,23)/b13-7-. The lowest BCUT2D eigenvalue weighted by Gasteiger charge is -2.03. The fourth-order valence-corrected chi connectivity index (χ4v) is 3.99. The maximum atomic E-state index is 12.1. The van der Waals surface area contributed by atoms with Gasteiger partial charge in [0.15, 0.2) is 22.4 Å². The summed E-state index contributed by atoms with van der Waals surface area (Å²) in [6.45, 7) is 3.23. The Hall–Kier alpha value is -2.65. The summed E-state index contributed by atoms with van der Waals surface area (Å²) in [4.78, 5) is 33.2. The number of aromatic nitrogens is 1. The van der Waals surface area contributed by atoms with Crippen molar-refractivity contribution in [3.05, 3.63) is 39.2 Å². The van der Waals surface area contributed by atoms with Gasteiger partial charge in [-0.2, -0.15) is 4.99 Å². The van der Waals surface area contributed by atoms with Crippen LogP contribution in [-0.2, 0) is 4.79 Å². The van der Waals surface area contributed by atoms with E-state index in [1.165, 1.54) is 43.2 Å². The molecule has 1 aliphatic rings. The summed E-state index contributed by atoms with van der Waals surface area (Å²) < 4.78 is 5.00. The second-order valence-corrected chi connectivity index (χ2v) is 7.39. The number of thioether (sulfide) groups is 1. The van der Waals surface area contributed by atoms with Gasteiger partial charge in [0.2, 0.25) is 5.13 Å². The van der Waals surface area contributed by atoms with Crippen molar-refractivity contribution in [1.82, 2.24) is 10.3 Å². The SMILES string of the molecule is COc1ccc(/C=C2\S/C(=N/c3nc(C)c(C(C)=O)s3)NC2=O)cc1O. The van der Waals surface area contributed by atoms with E-state index in [4.69, 9.17) is 4.74 Å². The highest BCUT2D eigenvalue weighted by atomic mass is 32.2. The number of aryl methyl sites for hydroxylation is 1. The van der Waals surface area contributed by atoms with Crippen molar-refractivity contribution in [3.8, 4) is 11.5 Å². The number of ether oxygens (including phenoxy) is 1. The maximum absolute atomic E-state index is 12.1. The number of benzene rings is 1. The number of amidine groups is 1. The van der Waals surface area contributed by atoms with E-state index in [-0.39, 0.29) is 17.4 Å². The number of nitrogens with zero attached hydrogens (tertiary/aromatic N) is 2. The average Bonchev–Trinajstić information content (AvgIpc) is 3.10. The number of carbonyl (C=O) groups excluding carboxylic acids is 2. The molecule has 0 spiro atoms. The minimum atomic E-state index is -0.288. The minimum absolute atomic E-state index is 0.00540. The van der Waals surface area contributed by atoms with Gasteiger partial charge in [-0.15, -0.1) is 0 Å². The van der Waals surface area contributed by atoms with Gasteiger partial charge in [-0.05, 0) is 42.5 Å². The van der Waals surface area contributed by atoms with Crippen LogP contribution in [-0.4, -0.2) is 34.1 Å². The third kappa shape index (κ3) is 3.78. The molecule has 26 heavy (non-hydrogen) atoms. The van der Waals surface area contributed by atoms with E-state index in [1.807, 2.05) is 0 Å². The summed E-state index contributed by atoms with van der Waals surface area (Å²) in [7, 11) is 1.47. The van der Waals surface area contributed by atoms with Gasteiger partial charge >= 0.3 is 0 Å². The van der Waals surface area contributed by atoms with Crippen LogP contribution in [0.5, 0.6) is 11.5 Å². The van der Waals surface area contributed by atoms with E-state index in [0.717, 1.165) is 0 Å². The number of aliphatic imine (C=N–C) groups is 1. The first-order valence-corrected chi connectivity index (χ1v) is 9.15. The van der Waals surface area contributed by atoms with Gasteiger partial charge in [-0.3, -0.25) is 9.59 Å². The zero-order valence-corrected chi connectivity index (χ0v) is 15.8. The molecule has 0 bridgehead atoms. The normalized spacial score (nSPS) is 17.0. The van der Waals surface area contributed by atoms with Crippen molar-refractivity contribution in [1.29, 1.82) is 0 Å². The van der Waals surface area contributed by atoms with Crippen LogP contribution in [0.25, 0.3) is 6.08 Å². The van der Waals surface area contributed by atoms with Gasteiger partial charge in [0.1, 0.15) is 0 Å². The molecule has 7 nitrogen and oxygen atoms in total. The molecular formula is C17H15N3O4S2. The van der Waals surface area contributed by atoms with E-state index in [1.54, 1.807) is 25.1 Å². The number of Topliss-reactive ketones (excluding diaryl/α,β-unsaturated/α-hetero) is 1. The highest BCUT2D eigenvalue weighted by molar-refractivity contribution is 8.18. The lowest BCUT2D eigenvalue weighted by Crippen LogP contribution is -2.19. The molecule has 9 heteroatoms. The molecule has 1 aromatic heterocycles. The molecule has 1 aromatic carbocycles. The number of thiazole rings is 1. The summed E-state index contributed by atoms with van der Waals surface area (Å²) >= 11 is 2.35. The lowest BCUT2D eigenvalue weighted by atomic mass is 10.2. The molecule has 2 heterocycles. The number of phenolic OH excluding ortho intramolecular Hbond substituents is 1. The number of aromatic hydroxyl groups is 1. The molecule has 3 rings (SSSR count). The second kappa shape index (κ2) is 7.30. The predicted molar refractivity (Wildman–Crippen MR) is 102 cm³/mol. The molecule has 0 unspecified atom stereocenters. The van der Waals surface area contributed by atoms with Crippen LogP contribution in [0, 0.1) is 6.92 Å². The largest absolute Gasteiger partial charge is 0.504 e. The van der Waals surface area contributed by atoms with E-state index in [0.29, 0.717) is 37.1 Å². The monoisotopic (exact) mass is 389 g/mol. The van der Waals surface area contributed by atoms with Gasteiger partial charge in [0.25, 0.3) is 5.91 Å². The van der Waals surface area contributed by atoms with E-state index >= 15 is 0 Å². The Morgan fingerprint density at radius 1 is 1.42 bits per heavy atom. The molecule has 0 atom stereocenters. The third-order valence-electron chi connectivity index (χ3n) is 3.45. The van der Waals surface area contributed by atoms with Gasteiger partial charge in [-0.1, -0.05) is 17.4 Å². The number of amides is 1. The Kier molecular flexibility index (Phi) is 5.10. The van der Waals surface area contributed by atoms with Gasteiger partial charge in [0, 0.05) is 6.92 Å². The summed E-state index contributed by atoms with van der Waals surface area (Å²) in [5.74, 6) is 0.00565. The molecule has 2 aromatic rings. The summed E-state index contributed by atoms with van der Waals surface area (Å²) in [6, 6.07) is 4.87. The van der Waals surface area contributed by atoms with E-state index in [2.05, 4.69) is 15.3 Å². The van der Waals surface area contributed by atoms with Crippen molar-refractivity contribution in [3.63, 3.8) is 0 Å². The molecule has 0 saturated carbocycles. The fourth-order valence-electron chi connectivity index (χ4n) is 2.27. The number of methoxy groups -OCH3 is 1. The highest BCUT2D eigenvalue weighted by Crippen LogP contribution is 2.32. The number of phenols is 1. The number of rotatable bonds is 4. The molecular weight excluding hydrogens is 374 g/mol. The number of hydrogen-bond donors (Lipinski definition) is 2. The van der Waals surface area contributed by atoms with Crippen LogP contribution in [0.4, 0.5) is 5.13 Å². The van der Waals surface area contributed by atoms with Crippen LogP contribution >= 0.6 is 23.1 Å². The predicted octanol–water partition coefficient (Wildman–Crippen LogP) is 3.26. The topological polar surface area (TPSA) is 101 Å². The van der Waals surface area contributed by atoms with Crippen molar-refractivity contribution in [2.45, 2.75) is 13.8 Å². The van der Waals surface area contributed by atoms with Gasteiger partial charge in [-0.25, -0.2) is 4.98 Å². The van der Waals surface area contributed by atoms with Gasteiger partial charge < -0.3 is 15.2 Å². The van der Waals surface area contributed by atoms with Crippen molar-refractivity contribution >= 4 is 51.2 Å². The summed E-state index contributed by atoms with van der Waals surface area (Å²) in [5.41, 5.74) is 1.28. The number of nitrogens with one attached hydrogen (secondary N) is 1. The molecule has 1 saturated heterocycles. The maximum Gasteiger partial charge on any atom is 0.264 e. The Balaban J connectivity index is 1.83. The zero-order valence-electron chi connectivity index (χ0n) is 14.2. The first-order valence-electron chi connectivity index (χ1n) is 7.52. The van der Waals surface area contributed by atoms with Gasteiger partial charge in [0.05, 0.1) is 22.6 Å². The van der Waals surface area contributed by atoms with Crippen LogP contribution in [0.3, 0.4) is 0 Å². The molecule has 2 N–H and O–H groups in total. The summed E-state index contributed by atoms with van der Waals surface area (Å²) in [5, 5.41) is 13.3. The molecule has 0 radical (unpaired) electrons. The molecule has 1 aliphatic heterocycles. The average molecular weight is 389 g/mol. The van der Waals surface area contributed by atoms with Crippen LogP contribution in [0.15, 0.2) is 28.1 Å². The first-order chi connectivity index (χ1) is 12.4. The Bertz CT molecular complexity index is 963. The van der Waals surface area contributed by atoms with Crippen molar-refractivity contribution < 1.29 is 19.4 Å². The highest BCUT2D eigenvalue weighted by Gasteiger charge is 2.24. The lowest BCUT2D eigenvalue weighted by molar-refractivity contribution is -0.115. The Morgan fingerprint density at radius 3 is 2.81 bits per heavy atom. The fraction of sp³-hybridized carbons (Fsp3) is 0.176. The van der Waals surface area contributed by atoms with Crippen LogP contribution < -0.4 is 10.1 Å². The van der Waals surface area contributed by atoms with E-state index in [9.17, 15) is 14.7 Å². The number of ketones is 1. The molecule has 134 valence electrons. The van der Waals surface area contributed by atoms with Crippen LogP contribution in [0.2, 0.25) is 0 Å².